The van der Waals surface area contributed by atoms with Gasteiger partial charge in [-0.05, 0) is 19.4 Å². The molecule has 1 aromatic carbocycles. The lowest BCUT2D eigenvalue weighted by Crippen LogP contribution is -2.11. The topological polar surface area (TPSA) is 50.2 Å². The van der Waals surface area contributed by atoms with Crippen LogP contribution in [0.5, 0.6) is 0 Å². The SMILES string of the molecule is Cc1cc(C)cc(-c2sc(C(C)(C)C)nc2C(=O)O)c1. The number of hydrogen-bond acceptors (Lipinski definition) is 3. The third-order valence-electron chi connectivity index (χ3n) is 2.96. The standard InChI is InChI=1S/C16H19NO2S/c1-9-6-10(2)8-11(7-9)13-12(14(18)19)17-15(20-13)16(3,4)5/h6-8H,1-5H3,(H,18,19). The lowest BCUT2D eigenvalue weighted by molar-refractivity contribution is 0.0692. The Morgan fingerprint density at radius 3 is 2.15 bits per heavy atom. The molecular formula is C16H19NO2S. The number of aryl methyl sites for hydroxylation is 2. The van der Waals surface area contributed by atoms with Crippen molar-refractivity contribution in [3.63, 3.8) is 0 Å². The summed E-state index contributed by atoms with van der Waals surface area (Å²) in [4.78, 5) is 16.5. The minimum absolute atomic E-state index is 0.147. The summed E-state index contributed by atoms with van der Waals surface area (Å²) in [6.45, 7) is 10.2. The second-order valence-corrected chi connectivity index (χ2v) is 7.13. The number of carbonyl (C=O) groups is 1. The number of carboxylic acids is 1. The molecule has 2 rings (SSSR count). The van der Waals surface area contributed by atoms with Gasteiger partial charge in [-0.2, -0.15) is 0 Å². The first-order valence-electron chi connectivity index (χ1n) is 6.52. The first kappa shape index (κ1) is 14.7. The number of rotatable bonds is 2. The van der Waals surface area contributed by atoms with E-state index < -0.39 is 5.97 Å². The molecule has 2 aromatic rings. The zero-order valence-corrected chi connectivity index (χ0v) is 13.3. The lowest BCUT2D eigenvalue weighted by Gasteiger charge is -2.13. The molecule has 0 saturated heterocycles. The van der Waals surface area contributed by atoms with E-state index in [0.29, 0.717) is 0 Å². The van der Waals surface area contributed by atoms with Crippen LogP contribution in [0.25, 0.3) is 10.4 Å². The zero-order valence-electron chi connectivity index (χ0n) is 12.4. The van der Waals surface area contributed by atoms with Gasteiger partial charge in [-0.25, -0.2) is 9.78 Å². The molecule has 0 spiro atoms. The number of thiazole rings is 1. The van der Waals surface area contributed by atoms with Crippen LogP contribution in [0.4, 0.5) is 0 Å². The van der Waals surface area contributed by atoms with E-state index in [1.165, 1.54) is 11.3 Å². The van der Waals surface area contributed by atoms with Gasteiger partial charge < -0.3 is 5.11 Å². The van der Waals surface area contributed by atoms with Crippen LogP contribution in [0.2, 0.25) is 0 Å². The highest BCUT2D eigenvalue weighted by atomic mass is 32.1. The minimum atomic E-state index is -0.967. The summed E-state index contributed by atoms with van der Waals surface area (Å²) in [5.41, 5.74) is 3.20. The summed E-state index contributed by atoms with van der Waals surface area (Å²) < 4.78 is 0. The molecule has 0 atom stereocenters. The summed E-state index contributed by atoms with van der Waals surface area (Å²) in [7, 11) is 0. The van der Waals surface area contributed by atoms with Crippen LogP contribution in [0.1, 0.15) is 47.4 Å². The summed E-state index contributed by atoms with van der Waals surface area (Å²) in [6, 6.07) is 6.11. The average molecular weight is 289 g/mol. The fourth-order valence-corrected chi connectivity index (χ4v) is 3.19. The highest BCUT2D eigenvalue weighted by Crippen LogP contribution is 2.36. The molecule has 1 heterocycles. The molecule has 0 aliphatic rings. The Kier molecular flexibility index (Phi) is 3.69. The van der Waals surface area contributed by atoms with Crippen LogP contribution < -0.4 is 0 Å². The predicted molar refractivity (Wildman–Crippen MR) is 82.7 cm³/mol. The maximum Gasteiger partial charge on any atom is 0.356 e. The summed E-state index contributed by atoms with van der Waals surface area (Å²) >= 11 is 1.47. The van der Waals surface area contributed by atoms with Gasteiger partial charge in [0.1, 0.15) is 0 Å². The van der Waals surface area contributed by atoms with E-state index >= 15 is 0 Å². The van der Waals surface area contributed by atoms with E-state index in [1.807, 2.05) is 46.8 Å². The minimum Gasteiger partial charge on any atom is -0.476 e. The number of aromatic carboxylic acids is 1. The first-order chi connectivity index (χ1) is 9.18. The Morgan fingerprint density at radius 2 is 1.70 bits per heavy atom. The third-order valence-corrected chi connectivity index (χ3v) is 4.49. The molecule has 0 saturated carbocycles. The van der Waals surface area contributed by atoms with Crippen LogP contribution in [0, 0.1) is 13.8 Å². The van der Waals surface area contributed by atoms with Crippen molar-refractivity contribution < 1.29 is 9.90 Å². The maximum atomic E-state index is 11.4. The second-order valence-electron chi connectivity index (χ2n) is 6.13. The van der Waals surface area contributed by atoms with E-state index in [-0.39, 0.29) is 11.1 Å². The van der Waals surface area contributed by atoms with Crippen molar-refractivity contribution in [2.45, 2.75) is 40.0 Å². The summed E-state index contributed by atoms with van der Waals surface area (Å²) in [5, 5.41) is 10.2. The Bertz CT molecular complexity index is 645. The van der Waals surface area contributed by atoms with Crippen LogP contribution in [0.15, 0.2) is 18.2 Å². The molecule has 106 valence electrons. The van der Waals surface area contributed by atoms with Gasteiger partial charge in [0.25, 0.3) is 0 Å². The van der Waals surface area contributed by atoms with Crippen molar-refractivity contribution in [3.8, 4) is 10.4 Å². The Labute approximate surface area is 123 Å². The quantitative estimate of drug-likeness (QED) is 0.890. The molecule has 4 heteroatoms. The molecule has 1 aromatic heterocycles. The number of hydrogen-bond donors (Lipinski definition) is 1. The number of benzene rings is 1. The molecule has 20 heavy (non-hydrogen) atoms. The average Bonchev–Trinajstić information content (AvgIpc) is 2.71. The number of nitrogens with zero attached hydrogens (tertiary/aromatic N) is 1. The predicted octanol–water partition coefficient (Wildman–Crippen LogP) is 4.42. The van der Waals surface area contributed by atoms with E-state index in [1.54, 1.807) is 0 Å². The normalized spacial score (nSPS) is 11.7. The Morgan fingerprint density at radius 1 is 1.15 bits per heavy atom. The number of carboxylic acid groups (broad SMARTS) is 1. The van der Waals surface area contributed by atoms with Crippen molar-refractivity contribution in [1.82, 2.24) is 4.98 Å². The molecule has 1 N–H and O–H groups in total. The molecule has 0 fully saturated rings. The second kappa shape index (κ2) is 5.02. The molecular weight excluding hydrogens is 270 g/mol. The molecule has 3 nitrogen and oxygen atoms in total. The molecule has 0 aliphatic carbocycles. The maximum absolute atomic E-state index is 11.4. The fourth-order valence-electron chi connectivity index (χ4n) is 2.09. The van der Waals surface area contributed by atoms with Crippen LogP contribution >= 0.6 is 11.3 Å². The number of aromatic nitrogens is 1. The Hall–Kier alpha value is -1.68. The van der Waals surface area contributed by atoms with Crippen LogP contribution in [-0.2, 0) is 5.41 Å². The van der Waals surface area contributed by atoms with Gasteiger partial charge in [0, 0.05) is 5.41 Å². The fraction of sp³-hybridized carbons (Fsp3) is 0.375. The third kappa shape index (κ3) is 2.90. The summed E-state index contributed by atoms with van der Waals surface area (Å²) in [6.07, 6.45) is 0. The Balaban J connectivity index is 2.66. The summed E-state index contributed by atoms with van der Waals surface area (Å²) in [5.74, 6) is -0.967. The largest absolute Gasteiger partial charge is 0.476 e. The van der Waals surface area contributed by atoms with Gasteiger partial charge in [0.15, 0.2) is 5.69 Å². The van der Waals surface area contributed by atoms with Gasteiger partial charge in [-0.15, -0.1) is 11.3 Å². The monoisotopic (exact) mass is 289 g/mol. The van der Waals surface area contributed by atoms with Crippen LogP contribution in [-0.4, -0.2) is 16.1 Å². The molecule has 0 unspecified atom stereocenters. The van der Waals surface area contributed by atoms with Crippen molar-refractivity contribution >= 4 is 17.3 Å². The molecule has 0 bridgehead atoms. The lowest BCUT2D eigenvalue weighted by atomic mass is 9.98. The molecule has 0 aliphatic heterocycles. The zero-order chi connectivity index (χ0) is 15.1. The van der Waals surface area contributed by atoms with E-state index in [0.717, 1.165) is 26.6 Å². The van der Waals surface area contributed by atoms with Gasteiger partial charge >= 0.3 is 5.97 Å². The van der Waals surface area contributed by atoms with Gasteiger partial charge in [0.2, 0.25) is 0 Å². The van der Waals surface area contributed by atoms with Gasteiger partial charge in [-0.3, -0.25) is 0 Å². The molecule has 0 amide bonds. The van der Waals surface area contributed by atoms with E-state index in [9.17, 15) is 9.90 Å². The highest BCUT2D eigenvalue weighted by Gasteiger charge is 2.25. The van der Waals surface area contributed by atoms with Gasteiger partial charge in [-0.1, -0.05) is 50.1 Å². The van der Waals surface area contributed by atoms with Crippen molar-refractivity contribution in [1.29, 1.82) is 0 Å². The van der Waals surface area contributed by atoms with Crippen molar-refractivity contribution in [2.24, 2.45) is 0 Å². The van der Waals surface area contributed by atoms with Crippen molar-refractivity contribution in [2.75, 3.05) is 0 Å². The van der Waals surface area contributed by atoms with Crippen molar-refractivity contribution in [3.05, 3.63) is 40.0 Å². The molecule has 0 radical (unpaired) electrons. The van der Waals surface area contributed by atoms with E-state index in [4.69, 9.17) is 0 Å². The smallest absolute Gasteiger partial charge is 0.356 e. The van der Waals surface area contributed by atoms with Gasteiger partial charge in [0.05, 0.1) is 9.88 Å². The van der Waals surface area contributed by atoms with E-state index in [2.05, 4.69) is 11.1 Å². The highest BCUT2D eigenvalue weighted by molar-refractivity contribution is 7.15. The first-order valence-corrected chi connectivity index (χ1v) is 7.33. The van der Waals surface area contributed by atoms with Crippen LogP contribution in [0.3, 0.4) is 0 Å².